The molecule has 0 aromatic carbocycles. The molecular formula is C17H27F3N4O. The fourth-order valence-corrected chi connectivity index (χ4v) is 2.95. The van der Waals surface area contributed by atoms with Crippen LogP contribution in [0.25, 0.3) is 0 Å². The molecule has 1 aliphatic heterocycles. The van der Waals surface area contributed by atoms with Crippen molar-refractivity contribution in [2.24, 2.45) is 4.99 Å². The highest BCUT2D eigenvalue weighted by molar-refractivity contribution is 5.80. The van der Waals surface area contributed by atoms with Crippen LogP contribution in [0, 0.1) is 13.8 Å². The van der Waals surface area contributed by atoms with E-state index in [-0.39, 0.29) is 0 Å². The Morgan fingerprint density at radius 2 is 1.92 bits per heavy atom. The minimum Gasteiger partial charge on any atom is -0.466 e. The van der Waals surface area contributed by atoms with Crippen molar-refractivity contribution >= 4 is 5.96 Å². The zero-order valence-corrected chi connectivity index (χ0v) is 15.3. The molecule has 8 heteroatoms. The van der Waals surface area contributed by atoms with Gasteiger partial charge in [-0.25, -0.2) is 4.99 Å². The van der Waals surface area contributed by atoms with E-state index in [1.807, 2.05) is 31.7 Å². The summed E-state index contributed by atoms with van der Waals surface area (Å²) in [5.74, 6) is 2.43. The third kappa shape index (κ3) is 5.14. The van der Waals surface area contributed by atoms with E-state index < -0.39 is 12.2 Å². The molecule has 0 saturated carbocycles. The zero-order valence-electron chi connectivity index (χ0n) is 15.3. The van der Waals surface area contributed by atoms with Gasteiger partial charge in [0.1, 0.15) is 17.6 Å². The summed E-state index contributed by atoms with van der Waals surface area (Å²) in [6.07, 6.45) is -4.18. The van der Waals surface area contributed by atoms with Crippen molar-refractivity contribution in [3.05, 3.63) is 23.2 Å². The number of furan rings is 1. The molecule has 0 aliphatic carbocycles. The van der Waals surface area contributed by atoms with Crippen molar-refractivity contribution in [1.82, 2.24) is 15.1 Å². The van der Waals surface area contributed by atoms with Gasteiger partial charge in [0.2, 0.25) is 0 Å². The van der Waals surface area contributed by atoms with Crippen molar-refractivity contribution < 1.29 is 17.6 Å². The maximum Gasteiger partial charge on any atom is 0.403 e. The summed E-state index contributed by atoms with van der Waals surface area (Å²) in [7, 11) is 0. The van der Waals surface area contributed by atoms with Crippen LogP contribution >= 0.6 is 0 Å². The fraction of sp³-hybridized carbons (Fsp3) is 0.706. The first-order valence-corrected chi connectivity index (χ1v) is 8.62. The number of halogens is 3. The Morgan fingerprint density at radius 3 is 2.40 bits per heavy atom. The molecule has 2 heterocycles. The van der Waals surface area contributed by atoms with Gasteiger partial charge in [0, 0.05) is 38.3 Å². The Kier molecular flexibility index (Phi) is 6.37. The van der Waals surface area contributed by atoms with Gasteiger partial charge in [0.05, 0.1) is 6.54 Å². The minimum absolute atomic E-state index is 0.370. The van der Waals surface area contributed by atoms with E-state index in [4.69, 9.17) is 4.42 Å². The Labute approximate surface area is 146 Å². The van der Waals surface area contributed by atoms with Crippen LogP contribution in [0.4, 0.5) is 13.2 Å². The van der Waals surface area contributed by atoms with Gasteiger partial charge in [-0.15, -0.1) is 0 Å². The van der Waals surface area contributed by atoms with Crippen LogP contribution in [0.5, 0.6) is 0 Å². The molecule has 0 spiro atoms. The largest absolute Gasteiger partial charge is 0.466 e. The maximum atomic E-state index is 12.9. The third-order valence-electron chi connectivity index (χ3n) is 4.51. The summed E-state index contributed by atoms with van der Waals surface area (Å²) in [5.41, 5.74) is 1.03. The van der Waals surface area contributed by atoms with E-state index in [0.717, 1.165) is 23.0 Å². The molecule has 2 rings (SSSR count). The number of aliphatic imine (C=N–C) groups is 1. The van der Waals surface area contributed by atoms with Gasteiger partial charge in [-0.3, -0.25) is 4.90 Å². The lowest BCUT2D eigenvalue weighted by molar-refractivity contribution is -0.181. The number of aryl methyl sites for hydroxylation is 2. The highest BCUT2D eigenvalue weighted by atomic mass is 19.4. The first-order chi connectivity index (χ1) is 11.7. The van der Waals surface area contributed by atoms with E-state index in [1.165, 1.54) is 11.8 Å². The average Bonchev–Trinajstić information content (AvgIpc) is 2.87. The quantitative estimate of drug-likeness (QED) is 0.662. The Bertz CT molecular complexity index is 589. The summed E-state index contributed by atoms with van der Waals surface area (Å²) >= 11 is 0. The molecule has 1 unspecified atom stereocenters. The number of hydrogen-bond acceptors (Lipinski definition) is 3. The SMILES string of the molecule is CCNC(=NCc1cc(C)oc1C)N1CCN(C(C)C(F)(F)F)CC1. The van der Waals surface area contributed by atoms with Crippen molar-refractivity contribution in [2.45, 2.75) is 46.5 Å². The summed E-state index contributed by atoms with van der Waals surface area (Å²) in [6.45, 7) is 9.99. The van der Waals surface area contributed by atoms with Gasteiger partial charge < -0.3 is 14.6 Å². The summed E-state index contributed by atoms with van der Waals surface area (Å²) in [6, 6.07) is 0.552. The molecule has 1 atom stereocenters. The molecule has 1 saturated heterocycles. The molecule has 0 bridgehead atoms. The van der Waals surface area contributed by atoms with Crippen LogP contribution in [0.2, 0.25) is 0 Å². The number of guanidine groups is 1. The number of alkyl halides is 3. The van der Waals surface area contributed by atoms with Gasteiger partial charge in [-0.1, -0.05) is 0 Å². The lowest BCUT2D eigenvalue weighted by Crippen LogP contribution is -2.56. The molecule has 0 radical (unpaired) electrons. The number of piperazine rings is 1. The Morgan fingerprint density at radius 1 is 1.28 bits per heavy atom. The topological polar surface area (TPSA) is 44.0 Å². The molecule has 1 N–H and O–H groups in total. The summed E-state index contributed by atoms with van der Waals surface area (Å²) in [5, 5.41) is 3.23. The second-order valence-corrected chi connectivity index (χ2v) is 6.35. The smallest absolute Gasteiger partial charge is 0.403 e. The highest BCUT2D eigenvalue weighted by Gasteiger charge is 2.41. The molecule has 25 heavy (non-hydrogen) atoms. The van der Waals surface area contributed by atoms with E-state index in [2.05, 4.69) is 10.3 Å². The second kappa shape index (κ2) is 8.12. The molecular weight excluding hydrogens is 333 g/mol. The first-order valence-electron chi connectivity index (χ1n) is 8.62. The fourth-order valence-electron chi connectivity index (χ4n) is 2.95. The zero-order chi connectivity index (χ0) is 18.6. The summed E-state index contributed by atoms with van der Waals surface area (Å²) < 4.78 is 44.1. The maximum absolute atomic E-state index is 12.9. The summed E-state index contributed by atoms with van der Waals surface area (Å²) in [4.78, 5) is 8.13. The standard InChI is InChI=1S/C17H27F3N4O/c1-5-21-16(22-11-15-10-12(2)25-13(15)3)24-8-6-23(7-9-24)14(4)17(18,19)20/h10,14H,5-9,11H2,1-4H3,(H,21,22). The van der Waals surface area contributed by atoms with Gasteiger partial charge in [0.25, 0.3) is 0 Å². The molecule has 1 aromatic heterocycles. The van der Waals surface area contributed by atoms with Crippen LogP contribution in [-0.2, 0) is 6.54 Å². The van der Waals surface area contributed by atoms with E-state index in [9.17, 15) is 13.2 Å². The molecule has 0 amide bonds. The molecule has 1 aromatic rings. The highest BCUT2D eigenvalue weighted by Crippen LogP contribution is 2.25. The van der Waals surface area contributed by atoms with Crippen molar-refractivity contribution in [2.75, 3.05) is 32.7 Å². The predicted octanol–water partition coefficient (Wildman–Crippen LogP) is 2.93. The van der Waals surface area contributed by atoms with Crippen LogP contribution in [-0.4, -0.2) is 60.7 Å². The minimum atomic E-state index is -4.18. The number of nitrogens with one attached hydrogen (secondary N) is 1. The average molecular weight is 360 g/mol. The lowest BCUT2D eigenvalue weighted by atomic mass is 10.2. The first kappa shape index (κ1) is 19.6. The number of rotatable bonds is 4. The van der Waals surface area contributed by atoms with Crippen molar-refractivity contribution in [1.29, 1.82) is 0 Å². The third-order valence-corrected chi connectivity index (χ3v) is 4.51. The number of nitrogens with zero attached hydrogens (tertiary/aromatic N) is 3. The molecule has 142 valence electrons. The van der Waals surface area contributed by atoms with Crippen molar-refractivity contribution in [3.63, 3.8) is 0 Å². The second-order valence-electron chi connectivity index (χ2n) is 6.35. The van der Waals surface area contributed by atoms with E-state index >= 15 is 0 Å². The monoisotopic (exact) mass is 360 g/mol. The predicted molar refractivity (Wildman–Crippen MR) is 91.7 cm³/mol. The van der Waals surface area contributed by atoms with Gasteiger partial charge >= 0.3 is 6.18 Å². The molecule has 5 nitrogen and oxygen atoms in total. The van der Waals surface area contributed by atoms with Crippen LogP contribution < -0.4 is 5.32 Å². The van der Waals surface area contributed by atoms with Gasteiger partial charge in [-0.05, 0) is 33.8 Å². The van der Waals surface area contributed by atoms with Crippen molar-refractivity contribution in [3.8, 4) is 0 Å². The normalized spacial score (nSPS) is 18.5. The molecule has 1 fully saturated rings. The van der Waals surface area contributed by atoms with Gasteiger partial charge in [-0.2, -0.15) is 13.2 Å². The Hall–Kier alpha value is -1.70. The van der Waals surface area contributed by atoms with Gasteiger partial charge in [0.15, 0.2) is 5.96 Å². The van der Waals surface area contributed by atoms with Crippen LogP contribution in [0.15, 0.2) is 15.5 Å². The molecule has 1 aliphatic rings. The van der Waals surface area contributed by atoms with Crippen LogP contribution in [0.1, 0.15) is 30.9 Å². The number of hydrogen-bond donors (Lipinski definition) is 1. The van der Waals surface area contributed by atoms with E-state index in [0.29, 0.717) is 39.3 Å². The van der Waals surface area contributed by atoms with Crippen LogP contribution in [0.3, 0.4) is 0 Å². The Balaban J connectivity index is 1.99. The lowest BCUT2D eigenvalue weighted by Gasteiger charge is -2.39. The van der Waals surface area contributed by atoms with E-state index in [1.54, 1.807) is 0 Å².